The average molecular weight is 449 g/mol. The molecule has 4 aliphatic rings. The van der Waals surface area contributed by atoms with Gasteiger partial charge in [0.15, 0.2) is 5.78 Å². The summed E-state index contributed by atoms with van der Waals surface area (Å²) in [6.45, 7) is 7.12. The van der Waals surface area contributed by atoms with Crippen molar-refractivity contribution < 1.29 is 14.3 Å². The minimum absolute atomic E-state index is 0.0542. The molecule has 178 valence electrons. The van der Waals surface area contributed by atoms with Crippen LogP contribution in [0.5, 0.6) is 0 Å². The average Bonchev–Trinajstić information content (AvgIpc) is 3.07. The lowest BCUT2D eigenvalue weighted by Gasteiger charge is -2.59. The molecule has 0 aromatic heterocycles. The highest BCUT2D eigenvalue weighted by Gasteiger charge is 2.65. The molecule has 0 spiro atoms. The highest BCUT2D eigenvalue weighted by atomic mass is 16.6. The Balaban J connectivity index is 1.40. The molecule has 3 heteroatoms. The zero-order valence-electron chi connectivity index (χ0n) is 20.7. The van der Waals surface area contributed by atoms with E-state index in [0.29, 0.717) is 36.4 Å². The number of esters is 1. The normalized spacial score (nSPS) is 39.8. The van der Waals surface area contributed by atoms with Crippen molar-refractivity contribution in [1.29, 1.82) is 0 Å². The van der Waals surface area contributed by atoms with Crippen LogP contribution < -0.4 is 0 Å². The first kappa shape index (κ1) is 22.9. The van der Waals surface area contributed by atoms with E-state index in [1.54, 1.807) is 0 Å². The summed E-state index contributed by atoms with van der Waals surface area (Å²) in [6.07, 6.45) is 12.9. The third-order valence-corrected chi connectivity index (χ3v) is 10.4. The number of ketones is 1. The van der Waals surface area contributed by atoms with E-state index >= 15 is 0 Å². The van der Waals surface area contributed by atoms with Gasteiger partial charge in [-0.2, -0.15) is 0 Å². The Labute approximate surface area is 199 Å². The zero-order chi connectivity index (χ0) is 23.3. The molecule has 0 radical (unpaired) electrons. The van der Waals surface area contributed by atoms with Crippen molar-refractivity contribution in [2.45, 2.75) is 97.0 Å². The second-order valence-electron chi connectivity index (χ2n) is 11.8. The van der Waals surface area contributed by atoms with Gasteiger partial charge in [0.05, 0.1) is 6.42 Å². The van der Waals surface area contributed by atoms with Crippen LogP contribution in [0.25, 0.3) is 0 Å². The van der Waals surface area contributed by atoms with Gasteiger partial charge in [0.1, 0.15) is 5.60 Å². The maximum atomic E-state index is 13.2. The fraction of sp³-hybridized carbons (Fsp3) is 0.667. The molecule has 5 rings (SSSR count). The molecule has 3 nitrogen and oxygen atoms in total. The second-order valence-corrected chi connectivity index (χ2v) is 11.8. The van der Waals surface area contributed by atoms with E-state index in [0.717, 1.165) is 44.1 Å². The molecule has 0 heterocycles. The van der Waals surface area contributed by atoms with Gasteiger partial charge >= 0.3 is 5.97 Å². The van der Waals surface area contributed by atoms with Gasteiger partial charge < -0.3 is 4.74 Å². The second kappa shape index (κ2) is 8.40. The Morgan fingerprint density at radius 1 is 1.00 bits per heavy atom. The van der Waals surface area contributed by atoms with Crippen molar-refractivity contribution in [3.8, 4) is 0 Å². The third kappa shape index (κ3) is 3.61. The number of allylic oxidation sites excluding steroid dienone is 1. The maximum Gasteiger partial charge on any atom is 0.310 e. The van der Waals surface area contributed by atoms with E-state index in [1.165, 1.54) is 24.8 Å². The molecule has 3 fully saturated rings. The summed E-state index contributed by atoms with van der Waals surface area (Å²) >= 11 is 0. The summed E-state index contributed by atoms with van der Waals surface area (Å²) in [4.78, 5) is 25.3. The Morgan fingerprint density at radius 2 is 1.76 bits per heavy atom. The highest BCUT2D eigenvalue weighted by molar-refractivity contribution is 5.91. The Bertz CT molecular complexity index is 949. The van der Waals surface area contributed by atoms with E-state index in [1.807, 2.05) is 36.4 Å². The van der Waals surface area contributed by atoms with E-state index < -0.39 is 0 Å². The molecule has 1 aromatic carbocycles. The zero-order valence-corrected chi connectivity index (χ0v) is 20.7. The predicted molar refractivity (Wildman–Crippen MR) is 131 cm³/mol. The van der Waals surface area contributed by atoms with Crippen LogP contribution in [0.3, 0.4) is 0 Å². The molecule has 4 aliphatic carbocycles. The molecule has 6 atom stereocenters. The molecule has 0 bridgehead atoms. The van der Waals surface area contributed by atoms with Gasteiger partial charge in [0.2, 0.25) is 0 Å². The minimum atomic E-state index is -0.331. The van der Waals surface area contributed by atoms with Crippen LogP contribution in [0, 0.1) is 28.6 Å². The molecule has 1 aromatic rings. The summed E-state index contributed by atoms with van der Waals surface area (Å²) in [5.74, 6) is 2.23. The summed E-state index contributed by atoms with van der Waals surface area (Å²) in [6, 6.07) is 10.00. The number of rotatable bonds is 5. The fourth-order valence-electron chi connectivity index (χ4n) is 8.70. The lowest BCUT2D eigenvalue weighted by Crippen LogP contribution is -2.56. The lowest BCUT2D eigenvalue weighted by molar-refractivity contribution is -0.185. The van der Waals surface area contributed by atoms with Gasteiger partial charge in [0, 0.05) is 11.8 Å². The fourth-order valence-corrected chi connectivity index (χ4v) is 8.70. The maximum absolute atomic E-state index is 13.2. The van der Waals surface area contributed by atoms with Crippen LogP contribution in [-0.4, -0.2) is 17.4 Å². The van der Waals surface area contributed by atoms with Gasteiger partial charge in [-0.15, -0.1) is 0 Å². The van der Waals surface area contributed by atoms with E-state index in [9.17, 15) is 9.59 Å². The first-order chi connectivity index (χ1) is 15.8. The van der Waals surface area contributed by atoms with Crippen molar-refractivity contribution >= 4 is 11.8 Å². The van der Waals surface area contributed by atoms with Gasteiger partial charge in [-0.05, 0) is 86.2 Å². The highest BCUT2D eigenvalue weighted by Crippen LogP contribution is 2.69. The molecule has 0 saturated heterocycles. The van der Waals surface area contributed by atoms with E-state index in [4.69, 9.17) is 4.74 Å². The van der Waals surface area contributed by atoms with Crippen LogP contribution in [0.2, 0.25) is 0 Å². The number of hydrogen-bond donors (Lipinski definition) is 0. The first-order valence-corrected chi connectivity index (χ1v) is 13.3. The Morgan fingerprint density at radius 3 is 2.52 bits per heavy atom. The van der Waals surface area contributed by atoms with Crippen LogP contribution in [0.1, 0.15) is 90.5 Å². The van der Waals surface area contributed by atoms with Crippen LogP contribution >= 0.6 is 0 Å². The van der Waals surface area contributed by atoms with E-state index in [2.05, 4.69) is 20.8 Å². The largest absolute Gasteiger partial charge is 0.458 e. The number of carbonyl (C=O) groups excluding carboxylic acids is 2. The smallest absolute Gasteiger partial charge is 0.310 e. The van der Waals surface area contributed by atoms with Gasteiger partial charge in [-0.1, -0.05) is 63.1 Å². The van der Waals surface area contributed by atoms with Crippen LogP contribution in [-0.2, 0) is 20.7 Å². The molecular weight excluding hydrogens is 408 g/mol. The molecular formula is C30H40O3. The van der Waals surface area contributed by atoms with Crippen molar-refractivity contribution in [1.82, 2.24) is 0 Å². The standard InChI is InChI=1S/C30H40O3/c1-4-15-30(33-27(32)19-21-8-6-5-7-9-21)18-14-26-24-11-10-22-20-23(31)12-16-28(22,2)25(24)13-17-29(26,30)3/h5-9,20,24-26H,4,10-19H2,1-3H3/t24-,25-,26+,28+,29+,30?/m1/s1. The molecule has 1 unspecified atom stereocenters. The summed E-state index contributed by atoms with van der Waals surface area (Å²) in [5.41, 5.74) is 2.37. The lowest BCUT2D eigenvalue weighted by atomic mass is 9.46. The molecule has 0 N–H and O–H groups in total. The molecule has 0 amide bonds. The van der Waals surface area contributed by atoms with Gasteiger partial charge in [0.25, 0.3) is 0 Å². The summed E-state index contributed by atoms with van der Waals surface area (Å²) in [5, 5.41) is 0. The van der Waals surface area contributed by atoms with Crippen molar-refractivity contribution in [3.05, 3.63) is 47.5 Å². The Kier molecular flexibility index (Phi) is 5.82. The van der Waals surface area contributed by atoms with Crippen molar-refractivity contribution in [3.63, 3.8) is 0 Å². The van der Waals surface area contributed by atoms with Gasteiger partial charge in [-0.25, -0.2) is 0 Å². The number of ether oxygens (including phenoxy) is 1. The van der Waals surface area contributed by atoms with E-state index in [-0.39, 0.29) is 22.4 Å². The monoisotopic (exact) mass is 448 g/mol. The molecule has 33 heavy (non-hydrogen) atoms. The Hall–Kier alpha value is -1.90. The van der Waals surface area contributed by atoms with Crippen LogP contribution in [0.15, 0.2) is 42.0 Å². The summed E-state index contributed by atoms with van der Waals surface area (Å²) < 4.78 is 6.55. The summed E-state index contributed by atoms with van der Waals surface area (Å²) in [7, 11) is 0. The number of carbonyl (C=O) groups is 2. The minimum Gasteiger partial charge on any atom is -0.458 e. The van der Waals surface area contributed by atoms with Gasteiger partial charge in [-0.3, -0.25) is 9.59 Å². The number of benzene rings is 1. The SMILES string of the molecule is CCCC1(OC(=O)Cc2ccccc2)CC[C@H]2[C@@H]3CCC4=CC(=O)CC[C@]4(C)[C@@H]3CC[C@@]21C. The molecule has 0 aliphatic heterocycles. The van der Waals surface area contributed by atoms with Crippen LogP contribution in [0.4, 0.5) is 0 Å². The predicted octanol–water partition coefficient (Wildman–Crippen LogP) is 6.84. The quantitative estimate of drug-likeness (QED) is 0.463. The van der Waals surface area contributed by atoms with Crippen molar-refractivity contribution in [2.75, 3.05) is 0 Å². The topological polar surface area (TPSA) is 43.4 Å². The number of hydrogen-bond acceptors (Lipinski definition) is 3. The number of fused-ring (bicyclic) bond motifs is 5. The third-order valence-electron chi connectivity index (χ3n) is 10.4. The first-order valence-electron chi connectivity index (χ1n) is 13.3. The van der Waals surface area contributed by atoms with Crippen molar-refractivity contribution in [2.24, 2.45) is 28.6 Å². The molecule has 3 saturated carbocycles.